The Balaban J connectivity index is 1.87. The van der Waals surface area contributed by atoms with Gasteiger partial charge in [-0.25, -0.2) is 14.6 Å². The third-order valence-corrected chi connectivity index (χ3v) is 5.11. The second kappa shape index (κ2) is 6.76. The van der Waals surface area contributed by atoms with E-state index in [0.29, 0.717) is 5.82 Å². The quantitative estimate of drug-likeness (QED) is 0.749. The van der Waals surface area contributed by atoms with Crippen LogP contribution in [-0.2, 0) is 10.3 Å². The SMILES string of the molecule is CC(C)(C)n1nc(-c2ccccc2)c2c(NC(=O)C3CCCC3)ncnc21. The maximum atomic E-state index is 12.7. The highest BCUT2D eigenvalue weighted by atomic mass is 16.1. The Morgan fingerprint density at radius 1 is 1.11 bits per heavy atom. The molecule has 2 aromatic heterocycles. The highest BCUT2D eigenvalue weighted by Crippen LogP contribution is 2.34. The first-order valence-electron chi connectivity index (χ1n) is 9.55. The minimum atomic E-state index is -0.244. The van der Waals surface area contributed by atoms with Crippen LogP contribution in [0.25, 0.3) is 22.3 Å². The zero-order valence-corrected chi connectivity index (χ0v) is 16.1. The van der Waals surface area contributed by atoms with Gasteiger partial charge >= 0.3 is 0 Å². The number of nitrogens with zero attached hydrogens (tertiary/aromatic N) is 4. The van der Waals surface area contributed by atoms with Gasteiger partial charge in [-0.05, 0) is 33.6 Å². The molecule has 3 aromatic rings. The Hall–Kier alpha value is -2.76. The van der Waals surface area contributed by atoms with E-state index in [1.165, 1.54) is 6.33 Å². The number of fused-ring (bicyclic) bond motifs is 1. The number of aromatic nitrogens is 4. The molecule has 6 nitrogen and oxygen atoms in total. The molecule has 1 aliphatic rings. The molecule has 27 heavy (non-hydrogen) atoms. The molecule has 1 aliphatic carbocycles. The first-order valence-corrected chi connectivity index (χ1v) is 9.55. The monoisotopic (exact) mass is 363 g/mol. The number of rotatable bonds is 3. The average Bonchev–Trinajstić information content (AvgIpc) is 3.30. The van der Waals surface area contributed by atoms with E-state index in [1.807, 2.05) is 35.0 Å². The molecule has 1 amide bonds. The van der Waals surface area contributed by atoms with E-state index in [1.54, 1.807) is 0 Å². The molecular weight excluding hydrogens is 338 g/mol. The average molecular weight is 363 g/mol. The second-order valence-corrected chi connectivity index (χ2v) is 8.19. The molecule has 0 saturated heterocycles. The normalized spacial score (nSPS) is 15.4. The summed E-state index contributed by atoms with van der Waals surface area (Å²) in [6, 6.07) is 9.98. The van der Waals surface area contributed by atoms with Crippen molar-refractivity contribution in [2.45, 2.75) is 52.0 Å². The molecule has 140 valence electrons. The van der Waals surface area contributed by atoms with Gasteiger partial charge in [-0.2, -0.15) is 5.10 Å². The lowest BCUT2D eigenvalue weighted by Gasteiger charge is -2.19. The number of anilines is 1. The van der Waals surface area contributed by atoms with Gasteiger partial charge in [-0.3, -0.25) is 4.79 Å². The van der Waals surface area contributed by atoms with E-state index >= 15 is 0 Å². The number of benzene rings is 1. The fourth-order valence-corrected chi connectivity index (χ4v) is 3.72. The van der Waals surface area contributed by atoms with Gasteiger partial charge in [0.1, 0.15) is 17.8 Å². The molecule has 0 aliphatic heterocycles. The van der Waals surface area contributed by atoms with E-state index in [-0.39, 0.29) is 17.4 Å². The molecule has 0 bridgehead atoms. The third kappa shape index (κ3) is 3.31. The van der Waals surface area contributed by atoms with Crippen molar-refractivity contribution in [3.8, 4) is 11.3 Å². The summed E-state index contributed by atoms with van der Waals surface area (Å²) in [6.45, 7) is 6.27. The smallest absolute Gasteiger partial charge is 0.228 e. The number of hydrogen-bond donors (Lipinski definition) is 1. The molecule has 1 saturated carbocycles. The Morgan fingerprint density at radius 3 is 2.48 bits per heavy atom. The predicted molar refractivity (Wildman–Crippen MR) is 106 cm³/mol. The van der Waals surface area contributed by atoms with Crippen LogP contribution in [0.2, 0.25) is 0 Å². The topological polar surface area (TPSA) is 72.7 Å². The molecule has 0 spiro atoms. The summed E-state index contributed by atoms with van der Waals surface area (Å²) >= 11 is 0. The van der Waals surface area contributed by atoms with Crippen molar-refractivity contribution in [2.24, 2.45) is 5.92 Å². The standard InChI is InChI=1S/C21H25N5O/c1-21(2,3)26-19-16(17(25-26)14-9-5-4-6-10-14)18(22-13-23-19)24-20(27)15-11-7-8-12-15/h4-6,9-10,13,15H,7-8,11-12H2,1-3H3,(H,22,23,24,27). The Morgan fingerprint density at radius 2 is 1.81 bits per heavy atom. The van der Waals surface area contributed by atoms with E-state index < -0.39 is 0 Å². The van der Waals surface area contributed by atoms with Crippen LogP contribution in [0.15, 0.2) is 36.7 Å². The number of carbonyl (C=O) groups excluding carboxylic acids is 1. The molecule has 2 heterocycles. The van der Waals surface area contributed by atoms with Gasteiger partial charge in [-0.1, -0.05) is 43.2 Å². The van der Waals surface area contributed by atoms with Crippen molar-refractivity contribution >= 4 is 22.8 Å². The van der Waals surface area contributed by atoms with Crippen LogP contribution in [-0.4, -0.2) is 25.7 Å². The van der Waals surface area contributed by atoms with Crippen molar-refractivity contribution in [2.75, 3.05) is 5.32 Å². The summed E-state index contributed by atoms with van der Waals surface area (Å²) in [7, 11) is 0. The molecule has 6 heteroatoms. The van der Waals surface area contributed by atoms with Crippen LogP contribution in [0.1, 0.15) is 46.5 Å². The van der Waals surface area contributed by atoms with E-state index in [9.17, 15) is 4.79 Å². The summed E-state index contributed by atoms with van der Waals surface area (Å²) in [5, 5.41) is 8.71. The first-order chi connectivity index (χ1) is 12.9. The molecule has 4 rings (SSSR count). The molecule has 1 N–H and O–H groups in total. The lowest BCUT2D eigenvalue weighted by Crippen LogP contribution is -2.24. The Labute approximate surface area is 159 Å². The van der Waals surface area contributed by atoms with Crippen LogP contribution in [0.3, 0.4) is 0 Å². The van der Waals surface area contributed by atoms with Crippen LogP contribution in [0.5, 0.6) is 0 Å². The van der Waals surface area contributed by atoms with Gasteiger partial charge in [0, 0.05) is 11.5 Å². The molecule has 0 unspecified atom stereocenters. The minimum absolute atomic E-state index is 0.0509. The zero-order valence-electron chi connectivity index (χ0n) is 16.1. The van der Waals surface area contributed by atoms with Crippen LogP contribution < -0.4 is 5.32 Å². The fraction of sp³-hybridized carbons (Fsp3) is 0.429. The second-order valence-electron chi connectivity index (χ2n) is 8.19. The van der Waals surface area contributed by atoms with Crippen LogP contribution in [0.4, 0.5) is 5.82 Å². The van der Waals surface area contributed by atoms with Gasteiger partial charge in [0.15, 0.2) is 5.65 Å². The maximum absolute atomic E-state index is 12.7. The summed E-state index contributed by atoms with van der Waals surface area (Å²) in [5.41, 5.74) is 2.27. The number of hydrogen-bond acceptors (Lipinski definition) is 4. The zero-order chi connectivity index (χ0) is 19.0. The van der Waals surface area contributed by atoms with Crippen LogP contribution >= 0.6 is 0 Å². The maximum Gasteiger partial charge on any atom is 0.228 e. The van der Waals surface area contributed by atoms with Crippen molar-refractivity contribution in [3.63, 3.8) is 0 Å². The van der Waals surface area contributed by atoms with E-state index in [0.717, 1.165) is 48.0 Å². The van der Waals surface area contributed by atoms with Crippen molar-refractivity contribution in [1.29, 1.82) is 0 Å². The lowest BCUT2D eigenvalue weighted by molar-refractivity contribution is -0.119. The first kappa shape index (κ1) is 17.6. The van der Waals surface area contributed by atoms with Gasteiger partial charge < -0.3 is 5.32 Å². The van der Waals surface area contributed by atoms with Gasteiger partial charge in [0.25, 0.3) is 0 Å². The number of nitrogens with one attached hydrogen (secondary N) is 1. The highest BCUT2D eigenvalue weighted by Gasteiger charge is 2.27. The van der Waals surface area contributed by atoms with E-state index in [2.05, 4.69) is 36.1 Å². The predicted octanol–water partition coefficient (Wildman–Crippen LogP) is 4.38. The van der Waals surface area contributed by atoms with E-state index in [4.69, 9.17) is 5.10 Å². The number of amides is 1. The summed E-state index contributed by atoms with van der Waals surface area (Å²) in [6.07, 6.45) is 5.65. The van der Waals surface area contributed by atoms with Crippen LogP contribution in [0, 0.1) is 5.92 Å². The van der Waals surface area contributed by atoms with Gasteiger partial charge in [0.05, 0.1) is 10.9 Å². The lowest BCUT2D eigenvalue weighted by atomic mass is 10.1. The van der Waals surface area contributed by atoms with Crippen molar-refractivity contribution in [3.05, 3.63) is 36.7 Å². The largest absolute Gasteiger partial charge is 0.310 e. The molecule has 1 fully saturated rings. The highest BCUT2D eigenvalue weighted by molar-refractivity contribution is 6.05. The Bertz CT molecular complexity index is 965. The third-order valence-electron chi connectivity index (χ3n) is 5.11. The summed E-state index contributed by atoms with van der Waals surface area (Å²) < 4.78 is 1.91. The van der Waals surface area contributed by atoms with Crippen molar-refractivity contribution < 1.29 is 4.79 Å². The van der Waals surface area contributed by atoms with Gasteiger partial charge in [0.2, 0.25) is 5.91 Å². The Kier molecular flexibility index (Phi) is 4.42. The molecule has 0 radical (unpaired) electrons. The summed E-state index contributed by atoms with van der Waals surface area (Å²) in [5.74, 6) is 0.675. The molecule has 0 atom stereocenters. The fourth-order valence-electron chi connectivity index (χ4n) is 3.72. The minimum Gasteiger partial charge on any atom is -0.310 e. The van der Waals surface area contributed by atoms with Gasteiger partial charge in [-0.15, -0.1) is 0 Å². The van der Waals surface area contributed by atoms with Crippen molar-refractivity contribution in [1.82, 2.24) is 19.7 Å². The molecular formula is C21H25N5O. The number of carbonyl (C=O) groups is 1. The molecule has 1 aromatic carbocycles. The summed E-state index contributed by atoms with van der Waals surface area (Å²) in [4.78, 5) is 21.6.